The predicted octanol–water partition coefficient (Wildman–Crippen LogP) is 1.94. The van der Waals surface area contributed by atoms with Gasteiger partial charge in [0, 0.05) is 12.5 Å². The van der Waals surface area contributed by atoms with E-state index in [2.05, 4.69) is 0 Å². The van der Waals surface area contributed by atoms with Gasteiger partial charge in [-0.05, 0) is 25.5 Å². The van der Waals surface area contributed by atoms with Crippen LogP contribution in [0.5, 0.6) is 0 Å². The lowest BCUT2D eigenvalue weighted by molar-refractivity contribution is -0.165. The molecule has 0 aliphatic carbocycles. The minimum Gasteiger partial charge on any atom is -0.272 e. The summed E-state index contributed by atoms with van der Waals surface area (Å²) in [6.45, 7) is 5.11. The second-order valence-electron chi connectivity index (χ2n) is 3.35. The molecule has 0 fully saturated rings. The Balaban J connectivity index is 2.99. The van der Waals surface area contributed by atoms with Crippen molar-refractivity contribution in [3.63, 3.8) is 0 Å². The maximum Gasteiger partial charge on any atom is 0.285 e. The fourth-order valence-electron chi connectivity index (χ4n) is 1.34. The number of imide groups is 1. The Morgan fingerprint density at radius 3 is 2.44 bits per heavy atom. The summed E-state index contributed by atoms with van der Waals surface area (Å²) in [5, 5.41) is 0.794. The summed E-state index contributed by atoms with van der Waals surface area (Å²) in [6.07, 6.45) is 0. The molecule has 2 amide bonds. The number of hydrogen-bond acceptors (Lipinski definition) is 3. The monoisotopic (exact) mass is 221 g/mol. The van der Waals surface area contributed by atoms with E-state index in [1.807, 2.05) is 19.1 Å². The summed E-state index contributed by atoms with van der Waals surface area (Å²) in [5.41, 5.74) is 1.30. The molecule has 0 saturated carbocycles. The molecule has 0 N–H and O–H groups in total. The Bertz CT molecular complexity index is 401. The standard InChI is InChI=1S/C12H15NO3/c1-4-16-13(10(3)14)12(15)11-8-6-5-7-9(11)2/h5-8H,4H2,1-3H3. The second kappa shape index (κ2) is 5.42. The first-order valence-corrected chi connectivity index (χ1v) is 5.11. The van der Waals surface area contributed by atoms with Gasteiger partial charge in [0.2, 0.25) is 0 Å². The maximum atomic E-state index is 12.0. The summed E-state index contributed by atoms with van der Waals surface area (Å²) in [5.74, 6) is -0.845. The fourth-order valence-corrected chi connectivity index (χ4v) is 1.34. The number of hydroxylamine groups is 2. The Kier molecular flexibility index (Phi) is 4.19. The van der Waals surface area contributed by atoms with Crippen LogP contribution in [0.1, 0.15) is 29.8 Å². The normalized spacial score (nSPS) is 9.94. The summed E-state index contributed by atoms with van der Waals surface area (Å²) in [7, 11) is 0. The fraction of sp³-hybridized carbons (Fsp3) is 0.333. The molecule has 0 bridgehead atoms. The minimum atomic E-state index is -0.424. The summed E-state index contributed by atoms with van der Waals surface area (Å²) >= 11 is 0. The van der Waals surface area contributed by atoms with Crippen LogP contribution in [0.25, 0.3) is 0 Å². The summed E-state index contributed by atoms with van der Waals surface area (Å²) in [6, 6.07) is 7.08. The van der Waals surface area contributed by atoms with Crippen LogP contribution in [-0.2, 0) is 9.63 Å². The number of carbonyl (C=O) groups is 2. The Morgan fingerprint density at radius 1 is 1.31 bits per heavy atom. The van der Waals surface area contributed by atoms with Gasteiger partial charge in [0.15, 0.2) is 0 Å². The lowest BCUT2D eigenvalue weighted by Crippen LogP contribution is -2.35. The van der Waals surface area contributed by atoms with E-state index < -0.39 is 11.8 Å². The van der Waals surface area contributed by atoms with E-state index in [1.54, 1.807) is 19.1 Å². The lowest BCUT2D eigenvalue weighted by atomic mass is 10.1. The molecule has 0 atom stereocenters. The van der Waals surface area contributed by atoms with E-state index in [0.29, 0.717) is 5.56 Å². The van der Waals surface area contributed by atoms with E-state index >= 15 is 0 Å². The van der Waals surface area contributed by atoms with Crippen LogP contribution >= 0.6 is 0 Å². The van der Waals surface area contributed by atoms with E-state index in [1.165, 1.54) is 6.92 Å². The van der Waals surface area contributed by atoms with Crippen molar-refractivity contribution in [1.82, 2.24) is 5.06 Å². The van der Waals surface area contributed by atoms with E-state index in [9.17, 15) is 9.59 Å². The molecule has 0 saturated heterocycles. The zero-order chi connectivity index (χ0) is 12.1. The molecule has 0 aliphatic heterocycles. The molecule has 0 spiro atoms. The molecule has 1 aromatic rings. The highest BCUT2D eigenvalue weighted by Gasteiger charge is 2.21. The molecule has 0 radical (unpaired) electrons. The minimum absolute atomic E-state index is 0.275. The first-order chi connectivity index (χ1) is 7.57. The van der Waals surface area contributed by atoms with Crippen LogP contribution in [-0.4, -0.2) is 23.5 Å². The van der Waals surface area contributed by atoms with Gasteiger partial charge in [-0.15, -0.1) is 5.06 Å². The first-order valence-electron chi connectivity index (χ1n) is 5.11. The van der Waals surface area contributed by atoms with Gasteiger partial charge in [0.05, 0.1) is 6.61 Å². The Hall–Kier alpha value is -1.68. The molecule has 4 nitrogen and oxygen atoms in total. The van der Waals surface area contributed by atoms with Crippen LogP contribution in [0.4, 0.5) is 0 Å². The van der Waals surface area contributed by atoms with E-state index in [0.717, 1.165) is 10.6 Å². The van der Waals surface area contributed by atoms with Crippen molar-refractivity contribution in [1.29, 1.82) is 0 Å². The third-order valence-corrected chi connectivity index (χ3v) is 2.10. The van der Waals surface area contributed by atoms with Gasteiger partial charge in [0.25, 0.3) is 11.8 Å². The molecule has 1 rings (SSSR count). The van der Waals surface area contributed by atoms with Gasteiger partial charge >= 0.3 is 0 Å². The molecule has 0 aromatic heterocycles. The van der Waals surface area contributed by atoms with Crippen molar-refractivity contribution in [2.24, 2.45) is 0 Å². The number of hydrogen-bond donors (Lipinski definition) is 0. The SMILES string of the molecule is CCON(C(C)=O)C(=O)c1ccccc1C. The molecular formula is C12H15NO3. The number of aryl methyl sites for hydroxylation is 1. The molecular weight excluding hydrogens is 206 g/mol. The quantitative estimate of drug-likeness (QED) is 0.733. The van der Waals surface area contributed by atoms with E-state index in [-0.39, 0.29) is 6.61 Å². The van der Waals surface area contributed by atoms with Crippen molar-refractivity contribution >= 4 is 11.8 Å². The maximum absolute atomic E-state index is 12.0. The van der Waals surface area contributed by atoms with Crippen LogP contribution in [0.2, 0.25) is 0 Å². The molecule has 1 aromatic carbocycles. The average molecular weight is 221 g/mol. The number of rotatable bonds is 3. The zero-order valence-electron chi connectivity index (χ0n) is 9.69. The first kappa shape index (κ1) is 12.4. The van der Waals surface area contributed by atoms with Crippen LogP contribution < -0.4 is 0 Å². The molecule has 0 heterocycles. The zero-order valence-corrected chi connectivity index (χ0v) is 9.69. The van der Waals surface area contributed by atoms with Gasteiger partial charge in [0.1, 0.15) is 0 Å². The van der Waals surface area contributed by atoms with Gasteiger partial charge in [-0.25, -0.2) is 0 Å². The number of amides is 2. The second-order valence-corrected chi connectivity index (χ2v) is 3.35. The van der Waals surface area contributed by atoms with Crippen molar-refractivity contribution < 1.29 is 14.4 Å². The van der Waals surface area contributed by atoms with Crippen LogP contribution in [0.3, 0.4) is 0 Å². The van der Waals surface area contributed by atoms with E-state index in [4.69, 9.17) is 4.84 Å². The van der Waals surface area contributed by atoms with Crippen LogP contribution in [0.15, 0.2) is 24.3 Å². The Morgan fingerprint density at radius 2 is 1.94 bits per heavy atom. The smallest absolute Gasteiger partial charge is 0.272 e. The highest BCUT2D eigenvalue weighted by Crippen LogP contribution is 2.11. The van der Waals surface area contributed by atoms with Gasteiger partial charge in [-0.1, -0.05) is 18.2 Å². The van der Waals surface area contributed by atoms with Crippen LogP contribution in [0, 0.1) is 6.92 Å². The Labute approximate surface area is 94.8 Å². The van der Waals surface area contributed by atoms with Gasteiger partial charge in [-0.3, -0.25) is 14.4 Å². The van der Waals surface area contributed by atoms with Gasteiger partial charge < -0.3 is 0 Å². The molecule has 0 unspecified atom stereocenters. The highest BCUT2D eigenvalue weighted by atomic mass is 16.7. The molecule has 86 valence electrons. The van der Waals surface area contributed by atoms with Crippen molar-refractivity contribution in [2.75, 3.05) is 6.61 Å². The highest BCUT2D eigenvalue weighted by molar-refractivity contribution is 6.03. The topological polar surface area (TPSA) is 46.6 Å². The number of benzene rings is 1. The third-order valence-electron chi connectivity index (χ3n) is 2.10. The predicted molar refractivity (Wildman–Crippen MR) is 59.7 cm³/mol. The number of carbonyl (C=O) groups excluding carboxylic acids is 2. The molecule has 16 heavy (non-hydrogen) atoms. The molecule has 4 heteroatoms. The van der Waals surface area contributed by atoms with Crippen molar-refractivity contribution in [3.05, 3.63) is 35.4 Å². The lowest BCUT2D eigenvalue weighted by Gasteiger charge is -2.18. The largest absolute Gasteiger partial charge is 0.285 e. The average Bonchev–Trinajstić information content (AvgIpc) is 2.25. The van der Waals surface area contributed by atoms with Crippen molar-refractivity contribution in [3.8, 4) is 0 Å². The summed E-state index contributed by atoms with van der Waals surface area (Å²) in [4.78, 5) is 28.2. The number of nitrogens with zero attached hydrogens (tertiary/aromatic N) is 1. The van der Waals surface area contributed by atoms with Crippen molar-refractivity contribution in [2.45, 2.75) is 20.8 Å². The van der Waals surface area contributed by atoms with Gasteiger partial charge in [-0.2, -0.15) is 0 Å². The summed E-state index contributed by atoms with van der Waals surface area (Å²) < 4.78 is 0. The third kappa shape index (κ3) is 2.67. The molecule has 0 aliphatic rings.